The van der Waals surface area contributed by atoms with Gasteiger partial charge in [0.25, 0.3) is 5.91 Å². The maximum absolute atomic E-state index is 12.2. The van der Waals surface area contributed by atoms with Crippen LogP contribution in [0.4, 0.5) is 5.69 Å². The number of nitrogens with one attached hydrogen (secondary N) is 1. The lowest BCUT2D eigenvalue weighted by molar-refractivity contribution is 0.0779. The third-order valence-electron chi connectivity index (χ3n) is 2.41. The molecule has 0 aliphatic rings. The summed E-state index contributed by atoms with van der Waals surface area (Å²) in [6.07, 6.45) is 1.56. The number of nitrogens with zero attached hydrogens (tertiary/aromatic N) is 2. The molecule has 0 aliphatic heterocycles. The Balaban J connectivity index is 2.95. The topological polar surface area (TPSA) is 71.2 Å². The first kappa shape index (κ1) is 13.4. The molecule has 0 saturated carbocycles. The van der Waals surface area contributed by atoms with Gasteiger partial charge in [0.1, 0.15) is 0 Å². The minimum Gasteiger partial charge on any atom is -0.341 e. The van der Waals surface area contributed by atoms with Gasteiger partial charge in [-0.15, -0.1) is 0 Å². The molecule has 1 aromatic heterocycles. The Kier molecular flexibility index (Phi) is 4.45. The molecular weight excluding hydrogens is 216 g/mol. The zero-order valence-electron chi connectivity index (χ0n) is 10.8. The van der Waals surface area contributed by atoms with Gasteiger partial charge in [-0.25, -0.2) is 0 Å². The first-order valence-corrected chi connectivity index (χ1v) is 5.64. The molecule has 0 unspecified atom stereocenters. The van der Waals surface area contributed by atoms with Crippen LogP contribution < -0.4 is 11.3 Å². The summed E-state index contributed by atoms with van der Waals surface area (Å²) in [4.78, 5) is 18.0. The SMILES string of the molecule is Cc1cc(NN)c(C(=O)N(C)CC(C)C)cn1. The molecular formula is C12H20N4O. The van der Waals surface area contributed by atoms with Crippen molar-refractivity contribution in [3.63, 3.8) is 0 Å². The van der Waals surface area contributed by atoms with Crippen LogP contribution in [0.2, 0.25) is 0 Å². The van der Waals surface area contributed by atoms with Crippen LogP contribution in [0.1, 0.15) is 29.9 Å². The molecule has 94 valence electrons. The van der Waals surface area contributed by atoms with Crippen molar-refractivity contribution in [1.29, 1.82) is 0 Å². The second-order valence-corrected chi connectivity index (χ2v) is 4.60. The van der Waals surface area contributed by atoms with Crippen molar-refractivity contribution in [2.24, 2.45) is 11.8 Å². The van der Waals surface area contributed by atoms with Gasteiger partial charge in [-0.2, -0.15) is 0 Å². The quantitative estimate of drug-likeness (QED) is 0.612. The Labute approximate surface area is 102 Å². The lowest BCUT2D eigenvalue weighted by Gasteiger charge is -2.20. The van der Waals surface area contributed by atoms with Crippen molar-refractivity contribution in [3.8, 4) is 0 Å². The maximum Gasteiger partial charge on any atom is 0.257 e. The number of rotatable bonds is 4. The predicted octanol–water partition coefficient (Wildman–Crippen LogP) is 1.40. The summed E-state index contributed by atoms with van der Waals surface area (Å²) >= 11 is 0. The standard InChI is InChI=1S/C12H20N4O/c1-8(2)7-16(4)12(17)10-6-14-9(3)5-11(10)15-13/h5-6,8H,7,13H2,1-4H3,(H,14,15). The molecule has 0 radical (unpaired) electrons. The molecule has 0 aromatic carbocycles. The molecule has 0 aliphatic carbocycles. The number of pyridine rings is 1. The Morgan fingerprint density at radius 3 is 2.76 bits per heavy atom. The average Bonchev–Trinajstić information content (AvgIpc) is 2.27. The van der Waals surface area contributed by atoms with E-state index < -0.39 is 0 Å². The molecule has 1 aromatic rings. The molecule has 5 nitrogen and oxygen atoms in total. The van der Waals surface area contributed by atoms with Crippen LogP contribution in [0.15, 0.2) is 12.3 Å². The van der Waals surface area contributed by atoms with Gasteiger partial charge in [0.05, 0.1) is 11.3 Å². The van der Waals surface area contributed by atoms with E-state index >= 15 is 0 Å². The van der Waals surface area contributed by atoms with Crippen molar-refractivity contribution < 1.29 is 4.79 Å². The predicted molar refractivity (Wildman–Crippen MR) is 68.6 cm³/mol. The van der Waals surface area contributed by atoms with E-state index in [1.54, 1.807) is 24.2 Å². The van der Waals surface area contributed by atoms with E-state index in [4.69, 9.17) is 5.84 Å². The number of aromatic nitrogens is 1. The van der Waals surface area contributed by atoms with Crippen LogP contribution in [-0.4, -0.2) is 29.4 Å². The van der Waals surface area contributed by atoms with Crippen molar-refractivity contribution in [1.82, 2.24) is 9.88 Å². The van der Waals surface area contributed by atoms with E-state index in [1.165, 1.54) is 0 Å². The van der Waals surface area contributed by atoms with E-state index in [0.717, 1.165) is 5.69 Å². The molecule has 0 bridgehead atoms. The molecule has 1 amide bonds. The van der Waals surface area contributed by atoms with Crippen molar-refractivity contribution >= 4 is 11.6 Å². The fourth-order valence-electron chi connectivity index (χ4n) is 1.69. The molecule has 5 heteroatoms. The van der Waals surface area contributed by atoms with Crippen LogP contribution >= 0.6 is 0 Å². The first-order valence-electron chi connectivity index (χ1n) is 5.64. The molecule has 0 atom stereocenters. The molecule has 17 heavy (non-hydrogen) atoms. The number of nitrogens with two attached hydrogens (primary N) is 1. The van der Waals surface area contributed by atoms with Gasteiger partial charge in [-0.1, -0.05) is 13.8 Å². The second kappa shape index (κ2) is 5.63. The summed E-state index contributed by atoms with van der Waals surface area (Å²) in [5, 5.41) is 0. The summed E-state index contributed by atoms with van der Waals surface area (Å²) in [5.41, 5.74) is 4.47. The van der Waals surface area contributed by atoms with E-state index in [0.29, 0.717) is 23.7 Å². The fourth-order valence-corrected chi connectivity index (χ4v) is 1.69. The van der Waals surface area contributed by atoms with E-state index in [1.807, 2.05) is 6.92 Å². The van der Waals surface area contributed by atoms with Gasteiger partial charge in [-0.3, -0.25) is 15.6 Å². The number of carbonyl (C=O) groups excluding carboxylic acids is 1. The van der Waals surface area contributed by atoms with Crippen molar-refractivity contribution in [2.45, 2.75) is 20.8 Å². The number of hydrazine groups is 1. The summed E-state index contributed by atoms with van der Waals surface area (Å²) in [6.45, 7) is 6.70. The number of carbonyl (C=O) groups is 1. The maximum atomic E-state index is 12.2. The second-order valence-electron chi connectivity index (χ2n) is 4.60. The molecule has 3 N–H and O–H groups in total. The van der Waals surface area contributed by atoms with Crippen LogP contribution in [0, 0.1) is 12.8 Å². The van der Waals surface area contributed by atoms with Gasteiger partial charge in [0.2, 0.25) is 0 Å². The van der Waals surface area contributed by atoms with Gasteiger partial charge < -0.3 is 10.3 Å². The third kappa shape index (κ3) is 3.42. The molecule has 0 fully saturated rings. The number of hydrogen-bond acceptors (Lipinski definition) is 4. The highest BCUT2D eigenvalue weighted by Crippen LogP contribution is 2.16. The average molecular weight is 236 g/mol. The van der Waals surface area contributed by atoms with Gasteiger partial charge >= 0.3 is 0 Å². The summed E-state index contributed by atoms with van der Waals surface area (Å²) in [6, 6.07) is 1.76. The number of amides is 1. The largest absolute Gasteiger partial charge is 0.341 e. The third-order valence-corrected chi connectivity index (χ3v) is 2.41. The van der Waals surface area contributed by atoms with Gasteiger partial charge in [0, 0.05) is 25.5 Å². The smallest absolute Gasteiger partial charge is 0.257 e. The fraction of sp³-hybridized carbons (Fsp3) is 0.500. The highest BCUT2D eigenvalue weighted by atomic mass is 16.2. The Morgan fingerprint density at radius 2 is 2.24 bits per heavy atom. The summed E-state index contributed by atoms with van der Waals surface area (Å²) in [7, 11) is 1.78. The van der Waals surface area contributed by atoms with Crippen molar-refractivity contribution in [3.05, 3.63) is 23.5 Å². The number of anilines is 1. The molecule has 1 rings (SSSR count). The zero-order valence-corrected chi connectivity index (χ0v) is 10.8. The zero-order chi connectivity index (χ0) is 13.0. The Hall–Kier alpha value is -1.62. The van der Waals surface area contributed by atoms with Gasteiger partial charge in [0.15, 0.2) is 0 Å². The highest BCUT2D eigenvalue weighted by molar-refractivity contribution is 5.99. The van der Waals surface area contributed by atoms with Crippen LogP contribution in [0.5, 0.6) is 0 Å². The van der Waals surface area contributed by atoms with Crippen LogP contribution in [0.25, 0.3) is 0 Å². The van der Waals surface area contributed by atoms with Crippen LogP contribution in [-0.2, 0) is 0 Å². The number of aryl methyl sites for hydroxylation is 1. The first-order chi connectivity index (χ1) is 7.95. The van der Waals surface area contributed by atoms with Gasteiger partial charge in [-0.05, 0) is 18.9 Å². The van der Waals surface area contributed by atoms with E-state index in [9.17, 15) is 4.79 Å². The van der Waals surface area contributed by atoms with E-state index in [-0.39, 0.29) is 5.91 Å². The Morgan fingerprint density at radius 1 is 1.59 bits per heavy atom. The highest BCUT2D eigenvalue weighted by Gasteiger charge is 2.16. The van der Waals surface area contributed by atoms with Crippen LogP contribution in [0.3, 0.4) is 0 Å². The lowest BCUT2D eigenvalue weighted by atomic mass is 10.1. The lowest BCUT2D eigenvalue weighted by Crippen LogP contribution is -2.31. The number of hydrogen-bond donors (Lipinski definition) is 2. The Bertz CT molecular complexity index is 403. The minimum atomic E-state index is -0.0702. The van der Waals surface area contributed by atoms with Crippen molar-refractivity contribution in [2.75, 3.05) is 19.0 Å². The normalized spacial score (nSPS) is 10.5. The monoisotopic (exact) mass is 236 g/mol. The number of nitrogen functional groups attached to an aromatic ring is 1. The molecule has 1 heterocycles. The minimum absolute atomic E-state index is 0.0702. The van der Waals surface area contributed by atoms with E-state index in [2.05, 4.69) is 24.3 Å². The summed E-state index contributed by atoms with van der Waals surface area (Å²) < 4.78 is 0. The molecule has 0 saturated heterocycles. The summed E-state index contributed by atoms with van der Waals surface area (Å²) in [5.74, 6) is 5.77. The molecule has 0 spiro atoms.